The highest BCUT2D eigenvalue weighted by Crippen LogP contribution is 2.14. The number of hydrogen-bond acceptors (Lipinski definition) is 6. The fourth-order valence-electron chi connectivity index (χ4n) is 1.53. The minimum absolute atomic E-state index is 0.387. The van der Waals surface area contributed by atoms with E-state index in [2.05, 4.69) is 22.2 Å². The first-order chi connectivity index (χ1) is 9.80. The Hall–Kier alpha value is -1.40. The third-order valence-corrected chi connectivity index (χ3v) is 2.37. The van der Waals surface area contributed by atoms with Gasteiger partial charge in [0.1, 0.15) is 19.0 Å². The molecule has 0 spiro atoms. The van der Waals surface area contributed by atoms with Crippen LogP contribution in [0, 0.1) is 0 Å². The molecule has 6 nitrogen and oxygen atoms in total. The summed E-state index contributed by atoms with van der Waals surface area (Å²) in [4.78, 5) is 8.68. The molecule has 0 aliphatic carbocycles. The molecule has 0 aliphatic rings. The Morgan fingerprint density at radius 2 is 1.90 bits per heavy atom. The van der Waals surface area contributed by atoms with E-state index in [0.29, 0.717) is 38.1 Å². The van der Waals surface area contributed by atoms with E-state index in [1.807, 2.05) is 13.8 Å². The van der Waals surface area contributed by atoms with Gasteiger partial charge in [0.15, 0.2) is 5.82 Å². The number of rotatable bonds is 11. The van der Waals surface area contributed by atoms with Crippen molar-refractivity contribution < 1.29 is 14.2 Å². The molecule has 0 saturated heterocycles. The maximum atomic E-state index is 5.59. The van der Waals surface area contributed by atoms with Crippen molar-refractivity contribution in [1.29, 1.82) is 0 Å². The summed E-state index contributed by atoms with van der Waals surface area (Å²) in [6.07, 6.45) is 1.01. The summed E-state index contributed by atoms with van der Waals surface area (Å²) >= 11 is 0. The Morgan fingerprint density at radius 3 is 2.60 bits per heavy atom. The molecular weight excluding hydrogens is 258 g/mol. The summed E-state index contributed by atoms with van der Waals surface area (Å²) < 4.78 is 16.3. The number of nitrogens with zero attached hydrogens (tertiary/aromatic N) is 2. The zero-order chi connectivity index (χ0) is 14.6. The summed E-state index contributed by atoms with van der Waals surface area (Å²) in [7, 11) is 0. The summed E-state index contributed by atoms with van der Waals surface area (Å²) in [5.41, 5.74) is 0. The lowest BCUT2D eigenvalue weighted by Crippen LogP contribution is -2.11. The van der Waals surface area contributed by atoms with Gasteiger partial charge in [-0.2, -0.15) is 4.98 Å². The van der Waals surface area contributed by atoms with E-state index < -0.39 is 0 Å². The van der Waals surface area contributed by atoms with E-state index in [1.165, 1.54) is 0 Å². The Balaban J connectivity index is 2.55. The van der Waals surface area contributed by atoms with E-state index in [0.717, 1.165) is 25.4 Å². The first-order valence-electron chi connectivity index (χ1n) is 7.20. The molecule has 1 heterocycles. The van der Waals surface area contributed by atoms with Crippen molar-refractivity contribution in [2.45, 2.75) is 33.8 Å². The molecule has 0 unspecified atom stereocenters. The van der Waals surface area contributed by atoms with Crippen molar-refractivity contribution in [3.63, 3.8) is 0 Å². The zero-order valence-corrected chi connectivity index (χ0v) is 12.6. The molecule has 0 bridgehead atoms. The Morgan fingerprint density at radius 1 is 1.05 bits per heavy atom. The van der Waals surface area contributed by atoms with Crippen LogP contribution in [0.4, 0.5) is 5.82 Å². The predicted octanol–water partition coefficient (Wildman–Crippen LogP) is 2.25. The summed E-state index contributed by atoms with van der Waals surface area (Å²) in [5, 5.41) is 3.16. The van der Waals surface area contributed by atoms with E-state index in [9.17, 15) is 0 Å². The summed E-state index contributed by atoms with van der Waals surface area (Å²) in [6.45, 7) is 9.66. The highest BCUT2D eigenvalue weighted by molar-refractivity contribution is 5.38. The van der Waals surface area contributed by atoms with Crippen molar-refractivity contribution >= 4 is 5.82 Å². The molecule has 0 aromatic carbocycles. The molecular formula is C14H25N3O3. The SMILES string of the molecule is CCCOCCOc1cc(NCC)nc(COCC)n1. The first kappa shape index (κ1) is 16.7. The molecule has 1 aromatic heterocycles. The lowest BCUT2D eigenvalue weighted by Gasteiger charge is -2.10. The van der Waals surface area contributed by atoms with Crippen LogP contribution in [0.3, 0.4) is 0 Å². The van der Waals surface area contributed by atoms with E-state index in [-0.39, 0.29) is 0 Å². The molecule has 1 rings (SSSR count). The van der Waals surface area contributed by atoms with Gasteiger partial charge in [0, 0.05) is 25.8 Å². The molecule has 20 heavy (non-hydrogen) atoms. The monoisotopic (exact) mass is 283 g/mol. The van der Waals surface area contributed by atoms with Gasteiger partial charge in [0.25, 0.3) is 0 Å². The van der Waals surface area contributed by atoms with Crippen LogP contribution < -0.4 is 10.1 Å². The highest BCUT2D eigenvalue weighted by atomic mass is 16.5. The standard InChI is InChI=1S/C14H25N3O3/c1-4-7-19-8-9-20-14-10-12(15-5-2)16-13(17-14)11-18-6-3/h10H,4-9,11H2,1-3H3,(H,15,16,17). The molecule has 0 saturated carbocycles. The second kappa shape index (κ2) is 10.4. The largest absolute Gasteiger partial charge is 0.475 e. The number of aromatic nitrogens is 2. The van der Waals surface area contributed by atoms with Crippen LogP contribution in [0.5, 0.6) is 5.88 Å². The van der Waals surface area contributed by atoms with Crippen LogP contribution in [0.25, 0.3) is 0 Å². The Labute approximate surface area is 120 Å². The van der Waals surface area contributed by atoms with Crippen LogP contribution in [0.1, 0.15) is 33.0 Å². The Kier molecular flexibility index (Phi) is 8.66. The lowest BCUT2D eigenvalue weighted by atomic mass is 10.5. The van der Waals surface area contributed by atoms with Crippen LogP contribution in [0.2, 0.25) is 0 Å². The molecule has 0 fully saturated rings. The zero-order valence-electron chi connectivity index (χ0n) is 12.6. The number of nitrogens with one attached hydrogen (secondary N) is 1. The molecule has 0 aliphatic heterocycles. The van der Waals surface area contributed by atoms with Crippen molar-refractivity contribution in [1.82, 2.24) is 9.97 Å². The summed E-state index contributed by atoms with van der Waals surface area (Å²) in [5.74, 6) is 1.92. The van der Waals surface area contributed by atoms with Gasteiger partial charge in [-0.1, -0.05) is 6.92 Å². The van der Waals surface area contributed by atoms with E-state index in [4.69, 9.17) is 14.2 Å². The van der Waals surface area contributed by atoms with Crippen molar-refractivity contribution in [3.05, 3.63) is 11.9 Å². The molecule has 114 valence electrons. The number of anilines is 1. The highest BCUT2D eigenvalue weighted by Gasteiger charge is 2.05. The number of hydrogen-bond donors (Lipinski definition) is 1. The average molecular weight is 283 g/mol. The molecule has 1 N–H and O–H groups in total. The maximum absolute atomic E-state index is 5.59. The van der Waals surface area contributed by atoms with Gasteiger partial charge >= 0.3 is 0 Å². The summed E-state index contributed by atoms with van der Waals surface area (Å²) in [6, 6.07) is 1.79. The van der Waals surface area contributed by atoms with Crippen LogP contribution in [-0.2, 0) is 16.1 Å². The molecule has 0 radical (unpaired) electrons. The Bertz CT molecular complexity index is 375. The normalized spacial score (nSPS) is 10.6. The molecule has 0 amide bonds. The molecule has 6 heteroatoms. The second-order valence-electron chi connectivity index (χ2n) is 4.14. The van der Waals surface area contributed by atoms with Crippen LogP contribution in [0.15, 0.2) is 6.07 Å². The van der Waals surface area contributed by atoms with Crippen molar-refractivity contribution in [2.75, 3.05) is 38.3 Å². The van der Waals surface area contributed by atoms with Gasteiger partial charge in [0.2, 0.25) is 5.88 Å². The molecule has 1 aromatic rings. The minimum atomic E-state index is 0.387. The lowest BCUT2D eigenvalue weighted by molar-refractivity contribution is 0.0979. The van der Waals surface area contributed by atoms with Gasteiger partial charge < -0.3 is 19.5 Å². The van der Waals surface area contributed by atoms with Gasteiger partial charge in [-0.05, 0) is 20.3 Å². The van der Waals surface area contributed by atoms with Gasteiger partial charge in [-0.3, -0.25) is 0 Å². The van der Waals surface area contributed by atoms with Gasteiger partial charge in [-0.25, -0.2) is 4.98 Å². The minimum Gasteiger partial charge on any atom is -0.475 e. The quantitative estimate of drug-likeness (QED) is 0.628. The first-order valence-corrected chi connectivity index (χ1v) is 7.20. The third-order valence-electron chi connectivity index (χ3n) is 2.37. The average Bonchev–Trinajstić information content (AvgIpc) is 2.45. The third kappa shape index (κ3) is 6.68. The smallest absolute Gasteiger partial charge is 0.218 e. The topological polar surface area (TPSA) is 65.5 Å². The van der Waals surface area contributed by atoms with Gasteiger partial charge in [-0.15, -0.1) is 0 Å². The predicted molar refractivity (Wildman–Crippen MR) is 78.1 cm³/mol. The van der Waals surface area contributed by atoms with Crippen molar-refractivity contribution in [2.24, 2.45) is 0 Å². The van der Waals surface area contributed by atoms with Crippen molar-refractivity contribution in [3.8, 4) is 5.88 Å². The van der Waals surface area contributed by atoms with E-state index >= 15 is 0 Å². The maximum Gasteiger partial charge on any atom is 0.218 e. The van der Waals surface area contributed by atoms with Gasteiger partial charge in [0.05, 0.1) is 6.61 Å². The molecule has 0 atom stereocenters. The fourth-order valence-corrected chi connectivity index (χ4v) is 1.53. The fraction of sp³-hybridized carbons (Fsp3) is 0.714. The second-order valence-corrected chi connectivity index (χ2v) is 4.14. The number of ether oxygens (including phenoxy) is 3. The van der Waals surface area contributed by atoms with Crippen LogP contribution >= 0.6 is 0 Å². The van der Waals surface area contributed by atoms with Crippen LogP contribution in [-0.4, -0.2) is 42.9 Å². The van der Waals surface area contributed by atoms with E-state index in [1.54, 1.807) is 6.07 Å².